The molecule has 0 unspecified atom stereocenters. The minimum atomic E-state index is -0.310. The van der Waals surface area contributed by atoms with Crippen LogP contribution in [0, 0.1) is 0 Å². The van der Waals surface area contributed by atoms with Gasteiger partial charge in [-0.15, -0.1) is 0 Å². The smallest absolute Gasteiger partial charge is 0.243 e. The minimum Gasteiger partial charge on any atom is -0.359 e. The summed E-state index contributed by atoms with van der Waals surface area (Å²) in [5.74, 6) is -0.310. The number of nitrogens with one attached hydrogen (secondary N) is 2. The molecule has 0 spiro atoms. The van der Waals surface area contributed by atoms with Crippen molar-refractivity contribution in [3.05, 3.63) is 42.6 Å². The van der Waals surface area contributed by atoms with Crippen molar-refractivity contribution in [1.82, 2.24) is 5.48 Å². The van der Waals surface area contributed by atoms with E-state index in [2.05, 4.69) is 11.9 Å². The van der Waals surface area contributed by atoms with Gasteiger partial charge in [0.1, 0.15) is 0 Å². The van der Waals surface area contributed by atoms with Gasteiger partial charge < -0.3 is 5.32 Å². The lowest BCUT2D eigenvalue weighted by molar-refractivity contribution is -0.129. The highest BCUT2D eigenvalue weighted by molar-refractivity contribution is 5.74. The van der Waals surface area contributed by atoms with Crippen LogP contribution in [0.4, 0.5) is 5.69 Å². The highest BCUT2D eigenvalue weighted by Gasteiger charge is 1.99. The quantitative estimate of drug-likeness (QED) is 0.363. The number of anilines is 1. The molecule has 104 valence electrons. The van der Waals surface area contributed by atoms with Crippen LogP contribution >= 0.6 is 0 Å². The van der Waals surface area contributed by atoms with Crippen LogP contribution in [0.3, 0.4) is 0 Å². The monoisotopic (exact) mass is 262 g/mol. The molecule has 0 saturated carbocycles. The van der Waals surface area contributed by atoms with Gasteiger partial charge in [0.05, 0.1) is 0 Å². The van der Waals surface area contributed by atoms with Crippen molar-refractivity contribution in [2.24, 2.45) is 0 Å². The largest absolute Gasteiger partial charge is 0.359 e. The maximum absolute atomic E-state index is 10.8. The van der Waals surface area contributed by atoms with Crippen LogP contribution in [0.1, 0.15) is 38.5 Å². The molecule has 4 nitrogen and oxygen atoms in total. The molecule has 0 aliphatic heterocycles. The second kappa shape index (κ2) is 9.16. The molecule has 0 saturated heterocycles. The Morgan fingerprint density at radius 1 is 1.05 bits per heavy atom. The van der Waals surface area contributed by atoms with E-state index >= 15 is 0 Å². The van der Waals surface area contributed by atoms with Gasteiger partial charge in [-0.1, -0.05) is 37.6 Å². The zero-order valence-corrected chi connectivity index (χ0v) is 11.2. The SMILES string of the molecule is C=C(CCCCCCC(=O)NO)Nc1ccccc1. The Morgan fingerprint density at radius 3 is 2.32 bits per heavy atom. The van der Waals surface area contributed by atoms with Gasteiger partial charge in [-0.05, 0) is 31.4 Å². The van der Waals surface area contributed by atoms with E-state index in [9.17, 15) is 4.79 Å². The third-order valence-electron chi connectivity index (χ3n) is 2.85. The maximum Gasteiger partial charge on any atom is 0.243 e. The zero-order valence-electron chi connectivity index (χ0n) is 11.2. The summed E-state index contributed by atoms with van der Waals surface area (Å²) in [5.41, 5.74) is 3.71. The maximum atomic E-state index is 10.8. The number of amides is 1. The number of para-hydroxylation sites is 1. The summed E-state index contributed by atoms with van der Waals surface area (Å²) in [6.07, 6.45) is 5.24. The Bertz CT molecular complexity index is 390. The third kappa shape index (κ3) is 7.26. The standard InChI is InChI=1S/C15H22N2O2/c1-13(16-14-10-6-4-7-11-14)9-5-2-3-8-12-15(18)17-19/h4,6-7,10-11,16,19H,1-3,5,8-9,12H2,(H,17,18). The molecule has 1 aromatic carbocycles. The van der Waals surface area contributed by atoms with E-state index in [1.54, 1.807) is 5.48 Å². The Hall–Kier alpha value is -1.81. The first-order chi connectivity index (χ1) is 9.22. The highest BCUT2D eigenvalue weighted by atomic mass is 16.5. The highest BCUT2D eigenvalue weighted by Crippen LogP contribution is 2.13. The average Bonchev–Trinajstić information content (AvgIpc) is 2.43. The van der Waals surface area contributed by atoms with E-state index < -0.39 is 0 Å². The number of carbonyl (C=O) groups is 1. The molecule has 1 rings (SSSR count). The third-order valence-corrected chi connectivity index (χ3v) is 2.85. The van der Waals surface area contributed by atoms with Gasteiger partial charge in [0.2, 0.25) is 5.91 Å². The first kappa shape index (κ1) is 15.2. The van der Waals surface area contributed by atoms with Crippen molar-refractivity contribution < 1.29 is 10.0 Å². The molecule has 19 heavy (non-hydrogen) atoms. The van der Waals surface area contributed by atoms with Crippen molar-refractivity contribution in [3.63, 3.8) is 0 Å². The van der Waals surface area contributed by atoms with E-state index in [4.69, 9.17) is 5.21 Å². The average molecular weight is 262 g/mol. The lowest BCUT2D eigenvalue weighted by Gasteiger charge is -2.09. The van der Waals surface area contributed by atoms with Crippen LogP contribution in [-0.4, -0.2) is 11.1 Å². The first-order valence-corrected chi connectivity index (χ1v) is 6.65. The fourth-order valence-corrected chi connectivity index (χ4v) is 1.82. The molecule has 0 bridgehead atoms. The Kier molecular flexibility index (Phi) is 7.35. The van der Waals surface area contributed by atoms with Gasteiger partial charge in [-0.3, -0.25) is 10.0 Å². The van der Waals surface area contributed by atoms with Gasteiger partial charge in [-0.25, -0.2) is 5.48 Å². The molecule has 1 amide bonds. The summed E-state index contributed by atoms with van der Waals surface area (Å²) in [6.45, 7) is 4.00. The Morgan fingerprint density at radius 2 is 1.68 bits per heavy atom. The van der Waals surface area contributed by atoms with Crippen molar-refractivity contribution >= 4 is 11.6 Å². The van der Waals surface area contributed by atoms with Crippen molar-refractivity contribution in [1.29, 1.82) is 0 Å². The second-order valence-corrected chi connectivity index (χ2v) is 4.54. The lowest BCUT2D eigenvalue weighted by Crippen LogP contribution is -2.17. The molecule has 0 atom stereocenters. The normalized spacial score (nSPS) is 9.95. The van der Waals surface area contributed by atoms with Crippen LogP contribution < -0.4 is 10.8 Å². The molecule has 3 N–H and O–H groups in total. The van der Waals surface area contributed by atoms with Crippen molar-refractivity contribution in [3.8, 4) is 0 Å². The molecule has 4 heteroatoms. The van der Waals surface area contributed by atoms with Crippen LogP contribution in [0.25, 0.3) is 0 Å². The number of hydrogen-bond donors (Lipinski definition) is 3. The number of carbonyl (C=O) groups excluding carboxylic acids is 1. The number of hydroxylamine groups is 1. The lowest BCUT2D eigenvalue weighted by atomic mass is 10.1. The molecule has 0 aliphatic rings. The predicted molar refractivity (Wildman–Crippen MR) is 76.8 cm³/mol. The van der Waals surface area contributed by atoms with Crippen LogP contribution in [-0.2, 0) is 4.79 Å². The summed E-state index contributed by atoms with van der Waals surface area (Å²) >= 11 is 0. The molecule has 0 fully saturated rings. The van der Waals surface area contributed by atoms with Gasteiger partial charge in [0, 0.05) is 17.8 Å². The van der Waals surface area contributed by atoms with Crippen molar-refractivity contribution in [2.45, 2.75) is 38.5 Å². The van der Waals surface area contributed by atoms with Crippen LogP contribution in [0.5, 0.6) is 0 Å². The number of rotatable bonds is 9. The van der Waals surface area contributed by atoms with Gasteiger partial charge in [-0.2, -0.15) is 0 Å². The first-order valence-electron chi connectivity index (χ1n) is 6.65. The van der Waals surface area contributed by atoms with Gasteiger partial charge >= 0.3 is 0 Å². The fourth-order valence-electron chi connectivity index (χ4n) is 1.82. The minimum absolute atomic E-state index is 0.310. The summed E-state index contributed by atoms with van der Waals surface area (Å²) in [5, 5.41) is 11.6. The molecule has 0 heterocycles. The molecular weight excluding hydrogens is 240 g/mol. The molecular formula is C15H22N2O2. The van der Waals surface area contributed by atoms with Crippen LogP contribution in [0.15, 0.2) is 42.6 Å². The number of allylic oxidation sites excluding steroid dienone is 1. The topological polar surface area (TPSA) is 61.4 Å². The summed E-state index contributed by atoms with van der Waals surface area (Å²) in [6, 6.07) is 9.98. The molecule has 0 radical (unpaired) electrons. The van der Waals surface area contributed by atoms with E-state index in [-0.39, 0.29) is 5.91 Å². The van der Waals surface area contributed by atoms with E-state index in [1.165, 1.54) is 0 Å². The molecule has 0 aromatic heterocycles. The van der Waals surface area contributed by atoms with Crippen LogP contribution in [0.2, 0.25) is 0 Å². The van der Waals surface area contributed by atoms with Gasteiger partial charge in [0.25, 0.3) is 0 Å². The van der Waals surface area contributed by atoms with Crippen molar-refractivity contribution in [2.75, 3.05) is 5.32 Å². The van der Waals surface area contributed by atoms with E-state index in [0.717, 1.165) is 43.5 Å². The summed E-state index contributed by atoms with van der Waals surface area (Å²) in [4.78, 5) is 10.8. The number of benzene rings is 1. The Balaban J connectivity index is 2.03. The zero-order chi connectivity index (χ0) is 13.9. The van der Waals surface area contributed by atoms with E-state index in [0.29, 0.717) is 6.42 Å². The van der Waals surface area contributed by atoms with E-state index in [1.807, 2.05) is 30.3 Å². The number of hydrogen-bond acceptors (Lipinski definition) is 3. The molecule has 1 aromatic rings. The fraction of sp³-hybridized carbons (Fsp3) is 0.400. The number of unbranched alkanes of at least 4 members (excludes halogenated alkanes) is 3. The van der Waals surface area contributed by atoms with Gasteiger partial charge in [0.15, 0.2) is 0 Å². The molecule has 0 aliphatic carbocycles. The Labute approximate surface area is 114 Å². The summed E-state index contributed by atoms with van der Waals surface area (Å²) < 4.78 is 0. The summed E-state index contributed by atoms with van der Waals surface area (Å²) in [7, 11) is 0. The second-order valence-electron chi connectivity index (χ2n) is 4.54. The predicted octanol–water partition coefficient (Wildman–Crippen LogP) is 3.46.